The highest BCUT2D eigenvalue weighted by molar-refractivity contribution is 5.68. The predicted octanol–water partition coefficient (Wildman–Crippen LogP) is 2.82. The molecule has 1 fully saturated rings. The Hall–Kier alpha value is -1.55. The third-order valence-corrected chi connectivity index (χ3v) is 3.43. The monoisotopic (exact) mass is 276 g/mol. The average molecular weight is 276 g/mol. The summed E-state index contributed by atoms with van der Waals surface area (Å²) in [4.78, 5) is 14.2. The third kappa shape index (κ3) is 3.97. The van der Waals surface area contributed by atoms with Crippen molar-refractivity contribution < 1.29 is 9.53 Å². The van der Waals surface area contributed by atoms with Gasteiger partial charge in [0.05, 0.1) is 12.6 Å². The molecule has 20 heavy (non-hydrogen) atoms. The molecule has 1 aromatic rings. The number of amides is 1. The lowest BCUT2D eigenvalue weighted by Crippen LogP contribution is -2.38. The first-order valence-corrected chi connectivity index (χ1v) is 7.37. The average Bonchev–Trinajstić information content (AvgIpc) is 2.71. The summed E-state index contributed by atoms with van der Waals surface area (Å²) in [6, 6.07) is 10.2. The third-order valence-electron chi connectivity index (χ3n) is 3.43. The van der Waals surface area contributed by atoms with Crippen LogP contribution in [0.1, 0.15) is 31.9 Å². The summed E-state index contributed by atoms with van der Waals surface area (Å²) in [7, 11) is 0. The van der Waals surface area contributed by atoms with Crippen molar-refractivity contribution in [3.05, 3.63) is 35.9 Å². The van der Waals surface area contributed by atoms with Crippen LogP contribution in [0.15, 0.2) is 30.3 Å². The normalized spacial score (nSPS) is 19.8. The van der Waals surface area contributed by atoms with Crippen molar-refractivity contribution in [2.24, 2.45) is 5.92 Å². The van der Waals surface area contributed by atoms with Crippen LogP contribution >= 0.6 is 0 Å². The first-order valence-electron chi connectivity index (χ1n) is 7.37. The molecule has 1 aliphatic rings. The van der Waals surface area contributed by atoms with Crippen molar-refractivity contribution in [1.29, 1.82) is 0 Å². The number of carbonyl (C=O) groups is 1. The Balaban J connectivity index is 2.11. The summed E-state index contributed by atoms with van der Waals surface area (Å²) < 4.78 is 5.41. The van der Waals surface area contributed by atoms with E-state index in [0.29, 0.717) is 12.5 Å². The van der Waals surface area contributed by atoms with E-state index < -0.39 is 0 Å². The second-order valence-corrected chi connectivity index (χ2v) is 5.65. The molecule has 4 nitrogen and oxygen atoms in total. The largest absolute Gasteiger partial charge is 0.449 e. The standard InChI is InChI=1S/C16H24N2O2/c1-13(2)12-20-16(19)18-10-6-9-17-11-15(18)14-7-4-3-5-8-14/h3-5,7-8,13,15,17H,6,9-12H2,1-2H3. The Labute approximate surface area is 121 Å². The lowest BCUT2D eigenvalue weighted by atomic mass is 10.1. The number of nitrogens with one attached hydrogen (secondary N) is 1. The number of ether oxygens (including phenoxy) is 1. The van der Waals surface area contributed by atoms with Crippen LogP contribution in [0, 0.1) is 5.92 Å². The van der Waals surface area contributed by atoms with Gasteiger partial charge in [-0.2, -0.15) is 0 Å². The highest BCUT2D eigenvalue weighted by Gasteiger charge is 2.27. The van der Waals surface area contributed by atoms with Gasteiger partial charge in [0.1, 0.15) is 0 Å². The fraction of sp³-hybridized carbons (Fsp3) is 0.562. The summed E-state index contributed by atoms with van der Waals surface area (Å²) in [5.41, 5.74) is 1.16. The van der Waals surface area contributed by atoms with Crippen molar-refractivity contribution in [2.45, 2.75) is 26.3 Å². The van der Waals surface area contributed by atoms with Gasteiger partial charge >= 0.3 is 6.09 Å². The number of nitrogens with zero attached hydrogens (tertiary/aromatic N) is 1. The molecule has 0 aliphatic carbocycles. The maximum absolute atomic E-state index is 12.3. The maximum Gasteiger partial charge on any atom is 0.410 e. The van der Waals surface area contributed by atoms with Crippen molar-refractivity contribution in [3.8, 4) is 0 Å². The van der Waals surface area contributed by atoms with E-state index in [1.54, 1.807) is 0 Å². The van der Waals surface area contributed by atoms with E-state index in [0.717, 1.165) is 31.6 Å². The van der Waals surface area contributed by atoms with Crippen LogP contribution in [0.25, 0.3) is 0 Å². The van der Waals surface area contributed by atoms with Crippen molar-refractivity contribution in [3.63, 3.8) is 0 Å². The lowest BCUT2D eigenvalue weighted by molar-refractivity contribution is 0.0796. The fourth-order valence-electron chi connectivity index (χ4n) is 2.39. The van der Waals surface area contributed by atoms with Gasteiger partial charge in [0.25, 0.3) is 0 Å². The Morgan fingerprint density at radius 3 is 2.85 bits per heavy atom. The molecule has 2 rings (SSSR count). The van der Waals surface area contributed by atoms with E-state index in [2.05, 4.69) is 17.4 Å². The molecule has 0 aromatic heterocycles. The van der Waals surface area contributed by atoms with Crippen LogP contribution < -0.4 is 5.32 Å². The van der Waals surface area contributed by atoms with Crippen molar-refractivity contribution in [2.75, 3.05) is 26.2 Å². The SMILES string of the molecule is CC(C)COC(=O)N1CCCNCC1c1ccccc1. The van der Waals surface area contributed by atoms with E-state index in [1.165, 1.54) is 0 Å². The van der Waals surface area contributed by atoms with Crippen LogP contribution in [-0.2, 0) is 4.74 Å². The van der Waals surface area contributed by atoms with E-state index >= 15 is 0 Å². The van der Waals surface area contributed by atoms with E-state index in [-0.39, 0.29) is 12.1 Å². The van der Waals surface area contributed by atoms with Crippen molar-refractivity contribution in [1.82, 2.24) is 10.2 Å². The molecule has 0 spiro atoms. The highest BCUT2D eigenvalue weighted by Crippen LogP contribution is 2.23. The molecular weight excluding hydrogens is 252 g/mol. The predicted molar refractivity (Wildman–Crippen MR) is 79.6 cm³/mol. The number of carbonyl (C=O) groups excluding carboxylic acids is 1. The topological polar surface area (TPSA) is 41.6 Å². The Morgan fingerprint density at radius 2 is 2.15 bits per heavy atom. The number of hydrogen-bond acceptors (Lipinski definition) is 3. The molecule has 110 valence electrons. The summed E-state index contributed by atoms with van der Waals surface area (Å²) >= 11 is 0. The van der Waals surface area contributed by atoms with Gasteiger partial charge in [-0.3, -0.25) is 4.90 Å². The molecule has 1 saturated heterocycles. The second kappa shape index (κ2) is 7.29. The summed E-state index contributed by atoms with van der Waals surface area (Å²) in [6.45, 7) is 7.03. The molecule has 0 radical (unpaired) electrons. The molecule has 1 heterocycles. The Bertz CT molecular complexity index is 420. The van der Waals surface area contributed by atoms with Crippen LogP contribution in [0.5, 0.6) is 0 Å². The number of hydrogen-bond donors (Lipinski definition) is 1. The summed E-state index contributed by atoms with van der Waals surface area (Å²) in [5.74, 6) is 0.360. The van der Waals surface area contributed by atoms with Crippen LogP contribution in [0.3, 0.4) is 0 Å². The van der Waals surface area contributed by atoms with E-state index in [4.69, 9.17) is 4.74 Å². The van der Waals surface area contributed by atoms with Crippen LogP contribution in [0.4, 0.5) is 4.79 Å². The molecule has 0 bridgehead atoms. The van der Waals surface area contributed by atoms with E-state index in [1.807, 2.05) is 36.9 Å². The molecule has 0 saturated carbocycles. The molecule has 1 N–H and O–H groups in total. The van der Waals surface area contributed by atoms with Gasteiger partial charge < -0.3 is 10.1 Å². The smallest absolute Gasteiger partial charge is 0.410 e. The molecule has 1 unspecified atom stereocenters. The van der Waals surface area contributed by atoms with E-state index in [9.17, 15) is 4.79 Å². The van der Waals surface area contributed by atoms with Gasteiger partial charge in [-0.05, 0) is 24.4 Å². The number of rotatable bonds is 3. The first-order chi connectivity index (χ1) is 9.68. The Morgan fingerprint density at radius 1 is 1.40 bits per heavy atom. The minimum atomic E-state index is -0.198. The maximum atomic E-state index is 12.3. The zero-order valence-electron chi connectivity index (χ0n) is 12.3. The van der Waals surface area contributed by atoms with Gasteiger partial charge in [0.2, 0.25) is 0 Å². The van der Waals surface area contributed by atoms with Crippen LogP contribution in [0.2, 0.25) is 0 Å². The first kappa shape index (κ1) is 14.9. The quantitative estimate of drug-likeness (QED) is 0.923. The second-order valence-electron chi connectivity index (χ2n) is 5.65. The minimum absolute atomic E-state index is 0.0540. The molecular formula is C16H24N2O2. The molecule has 1 aromatic carbocycles. The summed E-state index contributed by atoms with van der Waals surface area (Å²) in [6.07, 6.45) is 0.761. The van der Waals surface area contributed by atoms with Gasteiger partial charge in [0.15, 0.2) is 0 Å². The summed E-state index contributed by atoms with van der Waals surface area (Å²) in [5, 5.41) is 3.40. The molecule has 4 heteroatoms. The fourth-order valence-corrected chi connectivity index (χ4v) is 2.39. The molecule has 1 atom stereocenters. The van der Waals surface area contributed by atoms with Gasteiger partial charge in [-0.15, -0.1) is 0 Å². The Kier molecular flexibility index (Phi) is 5.41. The minimum Gasteiger partial charge on any atom is -0.449 e. The van der Waals surface area contributed by atoms with Gasteiger partial charge in [0, 0.05) is 13.1 Å². The van der Waals surface area contributed by atoms with Crippen LogP contribution in [-0.4, -0.2) is 37.2 Å². The highest BCUT2D eigenvalue weighted by atomic mass is 16.6. The molecule has 1 aliphatic heterocycles. The van der Waals surface area contributed by atoms with Gasteiger partial charge in [-0.1, -0.05) is 44.2 Å². The number of benzene rings is 1. The van der Waals surface area contributed by atoms with Crippen molar-refractivity contribution >= 4 is 6.09 Å². The zero-order chi connectivity index (χ0) is 14.4. The molecule has 1 amide bonds. The lowest BCUT2D eigenvalue weighted by Gasteiger charge is -2.29. The zero-order valence-corrected chi connectivity index (χ0v) is 12.3. The van der Waals surface area contributed by atoms with Gasteiger partial charge in [-0.25, -0.2) is 4.79 Å².